The summed E-state index contributed by atoms with van der Waals surface area (Å²) in [7, 11) is 0. The summed E-state index contributed by atoms with van der Waals surface area (Å²) < 4.78 is 0. The Balaban J connectivity index is 2.08. The van der Waals surface area contributed by atoms with Crippen molar-refractivity contribution < 1.29 is 5.11 Å². The van der Waals surface area contributed by atoms with Crippen molar-refractivity contribution in [1.29, 1.82) is 0 Å². The SMILES string of the molecule is CC(NC(CCO)C(C)(C)C)c1ccc2c(c1)CCC2. The molecule has 1 aliphatic carbocycles. The molecule has 0 saturated heterocycles. The number of aryl methyl sites for hydroxylation is 2. The number of aliphatic hydroxyl groups is 1. The van der Waals surface area contributed by atoms with Gasteiger partial charge in [-0.2, -0.15) is 0 Å². The van der Waals surface area contributed by atoms with E-state index in [2.05, 4.69) is 51.2 Å². The number of benzene rings is 1. The maximum atomic E-state index is 9.27. The van der Waals surface area contributed by atoms with Gasteiger partial charge in [-0.05, 0) is 54.7 Å². The second-order valence-corrected chi connectivity index (χ2v) is 7.20. The summed E-state index contributed by atoms with van der Waals surface area (Å²) in [5.41, 5.74) is 4.60. The molecule has 1 aromatic carbocycles. The van der Waals surface area contributed by atoms with E-state index in [0.29, 0.717) is 12.1 Å². The van der Waals surface area contributed by atoms with Crippen LogP contribution in [0.1, 0.15) is 63.3 Å². The minimum absolute atomic E-state index is 0.160. The Kier molecular flexibility index (Phi) is 4.87. The van der Waals surface area contributed by atoms with Gasteiger partial charge in [0.25, 0.3) is 0 Å². The fraction of sp³-hybridized carbons (Fsp3) is 0.667. The van der Waals surface area contributed by atoms with Crippen molar-refractivity contribution in [2.45, 2.75) is 65.5 Å². The number of fused-ring (bicyclic) bond motifs is 1. The zero-order valence-electron chi connectivity index (χ0n) is 13.4. The predicted molar refractivity (Wildman–Crippen MR) is 85.0 cm³/mol. The topological polar surface area (TPSA) is 32.3 Å². The molecule has 112 valence electrons. The van der Waals surface area contributed by atoms with E-state index in [9.17, 15) is 5.11 Å². The Hall–Kier alpha value is -0.860. The van der Waals surface area contributed by atoms with Crippen molar-refractivity contribution in [1.82, 2.24) is 5.32 Å². The first-order valence-electron chi connectivity index (χ1n) is 7.90. The van der Waals surface area contributed by atoms with Crippen LogP contribution < -0.4 is 5.32 Å². The summed E-state index contributed by atoms with van der Waals surface area (Å²) in [4.78, 5) is 0. The summed E-state index contributed by atoms with van der Waals surface area (Å²) >= 11 is 0. The average molecular weight is 275 g/mol. The summed E-state index contributed by atoms with van der Waals surface area (Å²) in [5.74, 6) is 0. The zero-order valence-corrected chi connectivity index (χ0v) is 13.4. The molecular formula is C18H29NO. The monoisotopic (exact) mass is 275 g/mol. The number of nitrogens with one attached hydrogen (secondary N) is 1. The quantitative estimate of drug-likeness (QED) is 0.860. The molecule has 2 atom stereocenters. The van der Waals surface area contributed by atoms with Crippen molar-refractivity contribution >= 4 is 0 Å². The second-order valence-electron chi connectivity index (χ2n) is 7.20. The molecule has 0 heterocycles. The Morgan fingerprint density at radius 2 is 1.90 bits per heavy atom. The van der Waals surface area contributed by atoms with Crippen LogP contribution in [0.2, 0.25) is 0 Å². The number of hydrogen-bond donors (Lipinski definition) is 2. The molecule has 0 fully saturated rings. The van der Waals surface area contributed by atoms with Gasteiger partial charge in [0.05, 0.1) is 0 Å². The van der Waals surface area contributed by atoms with Crippen LogP contribution in [0.5, 0.6) is 0 Å². The van der Waals surface area contributed by atoms with Crippen molar-refractivity contribution in [2.75, 3.05) is 6.61 Å². The molecule has 2 nitrogen and oxygen atoms in total. The molecule has 0 spiro atoms. The molecule has 0 amide bonds. The van der Waals surface area contributed by atoms with Crippen LogP contribution >= 0.6 is 0 Å². The van der Waals surface area contributed by atoms with Gasteiger partial charge in [-0.15, -0.1) is 0 Å². The standard InChI is InChI=1S/C18H29NO/c1-13(19-17(10-11-20)18(2,3)4)15-9-8-14-6-5-7-16(14)12-15/h8-9,12-13,17,19-20H,5-7,10-11H2,1-4H3. The summed E-state index contributed by atoms with van der Waals surface area (Å²) in [6.45, 7) is 9.17. The van der Waals surface area contributed by atoms with Crippen LogP contribution in [0.15, 0.2) is 18.2 Å². The lowest BCUT2D eigenvalue weighted by molar-refractivity contribution is 0.188. The smallest absolute Gasteiger partial charge is 0.0446 e. The third kappa shape index (κ3) is 3.62. The first-order valence-corrected chi connectivity index (χ1v) is 7.90. The van der Waals surface area contributed by atoms with Crippen molar-refractivity contribution in [3.05, 3.63) is 34.9 Å². The van der Waals surface area contributed by atoms with E-state index in [4.69, 9.17) is 0 Å². The summed E-state index contributed by atoms with van der Waals surface area (Å²) in [6, 6.07) is 7.60. The molecule has 2 heteroatoms. The first-order chi connectivity index (χ1) is 9.41. The van der Waals surface area contributed by atoms with Crippen LogP contribution in [0, 0.1) is 5.41 Å². The Bertz CT molecular complexity index is 447. The molecule has 1 aliphatic rings. The van der Waals surface area contributed by atoms with Crippen LogP contribution in [-0.4, -0.2) is 17.8 Å². The summed E-state index contributed by atoms with van der Waals surface area (Å²) in [6.07, 6.45) is 4.58. The second kappa shape index (κ2) is 6.28. The van der Waals surface area contributed by atoms with Crippen molar-refractivity contribution in [2.24, 2.45) is 5.41 Å². The Morgan fingerprint density at radius 1 is 1.20 bits per heavy atom. The van der Waals surface area contributed by atoms with Gasteiger partial charge in [0.1, 0.15) is 0 Å². The molecular weight excluding hydrogens is 246 g/mol. The third-order valence-electron chi connectivity index (χ3n) is 4.54. The lowest BCUT2D eigenvalue weighted by Gasteiger charge is -2.34. The summed E-state index contributed by atoms with van der Waals surface area (Å²) in [5, 5.41) is 13.0. The highest BCUT2D eigenvalue weighted by atomic mass is 16.3. The maximum absolute atomic E-state index is 9.27. The van der Waals surface area contributed by atoms with E-state index in [1.807, 2.05) is 0 Å². The molecule has 0 aliphatic heterocycles. The average Bonchev–Trinajstić information content (AvgIpc) is 2.84. The Morgan fingerprint density at radius 3 is 2.55 bits per heavy atom. The molecule has 0 radical (unpaired) electrons. The van der Waals surface area contributed by atoms with Crippen LogP contribution in [0.3, 0.4) is 0 Å². The molecule has 1 aromatic rings. The number of rotatable bonds is 5. The van der Waals surface area contributed by atoms with E-state index < -0.39 is 0 Å². The van der Waals surface area contributed by atoms with Gasteiger partial charge in [-0.3, -0.25) is 0 Å². The Labute approximate surface area is 123 Å². The fourth-order valence-corrected chi connectivity index (χ4v) is 3.15. The minimum Gasteiger partial charge on any atom is -0.396 e. The molecule has 2 N–H and O–H groups in total. The third-order valence-corrected chi connectivity index (χ3v) is 4.54. The maximum Gasteiger partial charge on any atom is 0.0446 e. The minimum atomic E-state index is 0.160. The predicted octanol–water partition coefficient (Wildman–Crippen LogP) is 3.62. The highest BCUT2D eigenvalue weighted by molar-refractivity contribution is 5.36. The molecule has 0 bridgehead atoms. The van der Waals surface area contributed by atoms with E-state index in [-0.39, 0.29) is 12.0 Å². The highest BCUT2D eigenvalue weighted by Gasteiger charge is 2.25. The lowest BCUT2D eigenvalue weighted by atomic mass is 9.84. The molecule has 2 unspecified atom stereocenters. The van der Waals surface area contributed by atoms with Crippen LogP contribution in [0.4, 0.5) is 0 Å². The molecule has 2 rings (SSSR count). The normalized spacial score (nSPS) is 17.9. The van der Waals surface area contributed by atoms with Gasteiger partial charge in [-0.25, -0.2) is 0 Å². The number of hydrogen-bond acceptors (Lipinski definition) is 2. The van der Waals surface area contributed by atoms with Gasteiger partial charge >= 0.3 is 0 Å². The molecule has 0 saturated carbocycles. The zero-order chi connectivity index (χ0) is 14.8. The van der Waals surface area contributed by atoms with Gasteiger partial charge < -0.3 is 10.4 Å². The molecule has 20 heavy (non-hydrogen) atoms. The number of aliphatic hydroxyl groups excluding tert-OH is 1. The van der Waals surface area contributed by atoms with Gasteiger partial charge in [-0.1, -0.05) is 39.0 Å². The van der Waals surface area contributed by atoms with Crippen LogP contribution in [-0.2, 0) is 12.8 Å². The van der Waals surface area contributed by atoms with E-state index >= 15 is 0 Å². The highest BCUT2D eigenvalue weighted by Crippen LogP contribution is 2.28. The van der Waals surface area contributed by atoms with Gasteiger partial charge in [0.15, 0.2) is 0 Å². The van der Waals surface area contributed by atoms with E-state index in [1.165, 1.54) is 36.0 Å². The van der Waals surface area contributed by atoms with E-state index in [0.717, 1.165) is 6.42 Å². The van der Waals surface area contributed by atoms with Crippen molar-refractivity contribution in [3.8, 4) is 0 Å². The largest absolute Gasteiger partial charge is 0.396 e. The fourth-order valence-electron chi connectivity index (χ4n) is 3.15. The van der Waals surface area contributed by atoms with Crippen LogP contribution in [0.25, 0.3) is 0 Å². The van der Waals surface area contributed by atoms with Crippen molar-refractivity contribution in [3.63, 3.8) is 0 Å². The van der Waals surface area contributed by atoms with E-state index in [1.54, 1.807) is 0 Å². The van der Waals surface area contributed by atoms with Gasteiger partial charge in [0, 0.05) is 18.7 Å². The van der Waals surface area contributed by atoms with Gasteiger partial charge in [0.2, 0.25) is 0 Å². The molecule has 0 aromatic heterocycles. The lowest BCUT2D eigenvalue weighted by Crippen LogP contribution is -2.42. The first kappa shape index (κ1) is 15.5.